The molecule has 18 heavy (non-hydrogen) atoms. The second kappa shape index (κ2) is 11.4. The van der Waals surface area contributed by atoms with Crippen molar-refractivity contribution in [3.05, 3.63) is 10.2 Å². The van der Waals surface area contributed by atoms with Crippen LogP contribution in [0, 0.1) is 0 Å². The zero-order valence-corrected chi connectivity index (χ0v) is 16.3. The molecule has 0 saturated heterocycles. The van der Waals surface area contributed by atoms with E-state index >= 15 is 0 Å². The fourth-order valence-corrected chi connectivity index (χ4v) is 4.85. The molecule has 0 nitrogen and oxygen atoms in total. The van der Waals surface area contributed by atoms with Crippen molar-refractivity contribution in [3.8, 4) is 0 Å². The molecule has 0 spiro atoms. The Hall–Kier alpha value is 0.539. The Morgan fingerprint density at radius 2 is 1.11 bits per heavy atom. The summed E-state index contributed by atoms with van der Waals surface area (Å²) in [7, 11) is 0. The third kappa shape index (κ3) is 11.6. The van der Waals surface area contributed by atoms with Gasteiger partial charge in [-0.3, -0.25) is 0 Å². The van der Waals surface area contributed by atoms with Crippen LogP contribution in [-0.4, -0.2) is 18.4 Å². The van der Waals surface area contributed by atoms with Gasteiger partial charge in [-0.05, 0) is 0 Å². The summed E-state index contributed by atoms with van der Waals surface area (Å²) in [6.45, 7) is 6.58. The Morgan fingerprint density at radius 3 is 1.50 bits per heavy atom. The molecule has 0 aromatic carbocycles. The molecule has 0 heterocycles. The molecule has 0 fully saturated rings. The minimum absolute atomic E-state index is 1.32. The van der Waals surface area contributed by atoms with E-state index in [-0.39, 0.29) is 0 Å². The van der Waals surface area contributed by atoms with E-state index in [1.54, 1.807) is 3.59 Å². The molecule has 0 amide bonds. The van der Waals surface area contributed by atoms with Crippen LogP contribution in [0.4, 0.5) is 0 Å². The van der Waals surface area contributed by atoms with Gasteiger partial charge in [-0.1, -0.05) is 6.92 Å². The van der Waals surface area contributed by atoms with Gasteiger partial charge in [0, 0.05) is 0 Å². The summed E-state index contributed by atoms with van der Waals surface area (Å²) in [4.78, 5) is 7.44. The second-order valence-corrected chi connectivity index (χ2v) is 21.6. The molecule has 0 unspecified atom stereocenters. The van der Waals surface area contributed by atoms with Crippen LogP contribution in [0.25, 0.3) is 0 Å². The van der Waals surface area contributed by atoms with Crippen LogP contribution in [0.5, 0.6) is 0 Å². The van der Waals surface area contributed by atoms with Crippen molar-refractivity contribution in [2.45, 2.75) is 92.4 Å². The summed E-state index contributed by atoms with van der Waals surface area (Å²) >= 11 is -1.74. The summed E-state index contributed by atoms with van der Waals surface area (Å²) < 4.78 is 1.63. The fraction of sp³-hybridized carbons (Fsp3) is 0.882. The molecule has 0 rings (SSSR count). The van der Waals surface area contributed by atoms with E-state index < -0.39 is 18.4 Å². The SMILES string of the molecule is C=[C](CCCCCCCCCCCC)[Sn]([CH3])([CH3])[CH3]. The Labute approximate surface area is 121 Å². The van der Waals surface area contributed by atoms with Crippen LogP contribution in [0.1, 0.15) is 77.6 Å². The van der Waals surface area contributed by atoms with Crippen LogP contribution in [0.15, 0.2) is 10.2 Å². The molecule has 108 valence electrons. The Bertz CT molecular complexity index is 200. The number of hydrogen-bond acceptors (Lipinski definition) is 0. The van der Waals surface area contributed by atoms with E-state index in [0.717, 1.165) is 0 Å². The second-order valence-electron chi connectivity index (χ2n) is 6.79. The topological polar surface area (TPSA) is 0 Å². The van der Waals surface area contributed by atoms with Crippen molar-refractivity contribution in [1.29, 1.82) is 0 Å². The molecule has 0 aliphatic heterocycles. The van der Waals surface area contributed by atoms with E-state index in [1.165, 1.54) is 70.6 Å². The molecule has 0 aromatic heterocycles. The molecular weight excluding hydrogens is 323 g/mol. The van der Waals surface area contributed by atoms with Crippen LogP contribution >= 0.6 is 0 Å². The average molecular weight is 359 g/mol. The van der Waals surface area contributed by atoms with Gasteiger partial charge in [-0.25, -0.2) is 0 Å². The molecule has 0 atom stereocenters. The van der Waals surface area contributed by atoms with Crippen molar-refractivity contribution < 1.29 is 0 Å². The molecule has 0 radical (unpaired) electrons. The third-order valence-corrected chi connectivity index (χ3v) is 10.7. The van der Waals surface area contributed by atoms with Gasteiger partial charge in [0.25, 0.3) is 0 Å². The fourth-order valence-electron chi connectivity index (χ4n) is 2.20. The van der Waals surface area contributed by atoms with E-state index in [2.05, 4.69) is 28.3 Å². The van der Waals surface area contributed by atoms with Crippen LogP contribution in [0.3, 0.4) is 0 Å². The summed E-state index contributed by atoms with van der Waals surface area (Å²) in [5.74, 6) is 0. The first kappa shape index (κ1) is 18.5. The van der Waals surface area contributed by atoms with Gasteiger partial charge in [0.15, 0.2) is 0 Å². The van der Waals surface area contributed by atoms with Crippen LogP contribution in [-0.2, 0) is 0 Å². The van der Waals surface area contributed by atoms with Gasteiger partial charge in [0.05, 0.1) is 0 Å². The Morgan fingerprint density at radius 1 is 0.722 bits per heavy atom. The van der Waals surface area contributed by atoms with E-state index in [1.807, 2.05) is 0 Å². The molecular formula is C17H36Sn. The molecule has 0 aliphatic rings. The van der Waals surface area contributed by atoms with Gasteiger partial charge >= 0.3 is 114 Å². The normalized spacial score (nSPS) is 11.8. The average Bonchev–Trinajstić information content (AvgIpc) is 2.30. The quantitative estimate of drug-likeness (QED) is 0.268. The molecule has 0 bridgehead atoms. The maximum absolute atomic E-state index is 4.30. The summed E-state index contributed by atoms with van der Waals surface area (Å²) in [5.41, 5.74) is 0. The standard InChI is InChI=1S/C14H27.3CH3.Sn/c1-3-5-7-9-11-13-14-12-10-8-6-4-2;;;;/h1,4-14H2,2H3;3*1H3;. The van der Waals surface area contributed by atoms with Crippen molar-refractivity contribution in [2.24, 2.45) is 0 Å². The first-order chi connectivity index (χ1) is 8.48. The van der Waals surface area contributed by atoms with Gasteiger partial charge < -0.3 is 0 Å². The zero-order valence-electron chi connectivity index (χ0n) is 13.5. The van der Waals surface area contributed by atoms with Gasteiger partial charge in [-0.2, -0.15) is 0 Å². The first-order valence-corrected chi connectivity index (χ1v) is 18.2. The summed E-state index contributed by atoms with van der Waals surface area (Å²) in [6, 6.07) is 0. The van der Waals surface area contributed by atoms with E-state index in [9.17, 15) is 0 Å². The summed E-state index contributed by atoms with van der Waals surface area (Å²) in [6.07, 6.45) is 15.7. The van der Waals surface area contributed by atoms with Gasteiger partial charge in [-0.15, -0.1) is 0 Å². The number of hydrogen-bond donors (Lipinski definition) is 0. The third-order valence-electron chi connectivity index (χ3n) is 3.89. The monoisotopic (exact) mass is 360 g/mol. The zero-order chi connectivity index (χ0) is 13.9. The predicted octanol–water partition coefficient (Wildman–Crippen LogP) is 6.73. The molecule has 0 aromatic rings. The number of unbranched alkanes of at least 4 members (excludes halogenated alkanes) is 9. The van der Waals surface area contributed by atoms with Crippen molar-refractivity contribution in [2.75, 3.05) is 0 Å². The van der Waals surface area contributed by atoms with Gasteiger partial charge in [0.1, 0.15) is 0 Å². The van der Waals surface area contributed by atoms with Crippen LogP contribution < -0.4 is 0 Å². The van der Waals surface area contributed by atoms with Crippen LogP contribution in [0.2, 0.25) is 14.8 Å². The molecule has 0 saturated carbocycles. The number of allylic oxidation sites excluding steroid dienone is 1. The Kier molecular flexibility index (Phi) is 11.7. The van der Waals surface area contributed by atoms with E-state index in [0.29, 0.717) is 0 Å². The van der Waals surface area contributed by atoms with Crippen molar-refractivity contribution >= 4 is 18.4 Å². The first-order valence-electron chi connectivity index (χ1n) is 8.16. The van der Waals surface area contributed by atoms with Crippen molar-refractivity contribution in [3.63, 3.8) is 0 Å². The summed E-state index contributed by atoms with van der Waals surface area (Å²) in [5, 5.41) is 0. The van der Waals surface area contributed by atoms with Crippen molar-refractivity contribution in [1.82, 2.24) is 0 Å². The minimum atomic E-state index is -1.74. The molecule has 1 heteroatoms. The number of rotatable bonds is 12. The predicted molar refractivity (Wildman–Crippen MR) is 88.9 cm³/mol. The maximum atomic E-state index is 4.30. The van der Waals surface area contributed by atoms with E-state index in [4.69, 9.17) is 0 Å². The molecule has 0 aliphatic carbocycles. The molecule has 0 N–H and O–H groups in total. The van der Waals surface area contributed by atoms with Gasteiger partial charge in [0.2, 0.25) is 0 Å². The Balaban J connectivity index is 3.19.